The number of benzene rings is 3. The number of non-ortho nitro benzene ring substituents is 1. The van der Waals surface area contributed by atoms with Gasteiger partial charge in [-0.15, -0.1) is 0 Å². The van der Waals surface area contributed by atoms with Gasteiger partial charge in [-0.1, -0.05) is 54.6 Å². The van der Waals surface area contributed by atoms with E-state index < -0.39 is 16.8 Å². The van der Waals surface area contributed by atoms with E-state index in [1.54, 1.807) is 12.1 Å². The van der Waals surface area contributed by atoms with E-state index in [4.69, 9.17) is 0 Å². The van der Waals surface area contributed by atoms with Gasteiger partial charge in [0.05, 0.1) is 4.92 Å². The first kappa shape index (κ1) is 15.8. The molecular formula is C19H14FNO3. The molecule has 0 heterocycles. The molecule has 0 saturated carbocycles. The molecule has 3 aromatic rings. The van der Waals surface area contributed by atoms with Crippen LogP contribution in [0.3, 0.4) is 0 Å². The summed E-state index contributed by atoms with van der Waals surface area (Å²) in [6, 6.07) is 19.9. The lowest BCUT2D eigenvalue weighted by atomic mass is 9.97. The van der Waals surface area contributed by atoms with Crippen molar-refractivity contribution in [3.8, 4) is 11.1 Å². The Hall–Kier alpha value is -3.05. The highest BCUT2D eigenvalue weighted by atomic mass is 19.1. The fourth-order valence-electron chi connectivity index (χ4n) is 2.52. The third kappa shape index (κ3) is 3.16. The standard InChI is InChI=1S/C19H14FNO3/c20-18-11-10-16(21(23)24)12-17(18)19(22)15-8-6-14(7-9-15)13-4-2-1-3-5-13/h1-12,19,22H. The number of hydrogen-bond donors (Lipinski definition) is 1. The maximum absolute atomic E-state index is 13.9. The molecule has 5 heteroatoms. The molecule has 3 aromatic carbocycles. The van der Waals surface area contributed by atoms with Crippen LogP contribution in [0.2, 0.25) is 0 Å². The van der Waals surface area contributed by atoms with Crippen molar-refractivity contribution in [2.24, 2.45) is 0 Å². The highest BCUT2D eigenvalue weighted by Gasteiger charge is 2.19. The second kappa shape index (κ2) is 6.60. The van der Waals surface area contributed by atoms with Gasteiger partial charge in [-0.25, -0.2) is 4.39 Å². The number of halogens is 1. The lowest BCUT2D eigenvalue weighted by Crippen LogP contribution is -2.03. The molecule has 1 N–H and O–H groups in total. The maximum atomic E-state index is 13.9. The van der Waals surface area contributed by atoms with Crippen LogP contribution in [0.25, 0.3) is 11.1 Å². The van der Waals surface area contributed by atoms with Crippen LogP contribution in [-0.2, 0) is 0 Å². The normalized spacial score (nSPS) is 11.9. The molecule has 0 aliphatic rings. The average molecular weight is 323 g/mol. The van der Waals surface area contributed by atoms with E-state index in [1.165, 1.54) is 0 Å². The van der Waals surface area contributed by atoms with E-state index in [1.807, 2.05) is 42.5 Å². The smallest absolute Gasteiger partial charge is 0.270 e. The summed E-state index contributed by atoms with van der Waals surface area (Å²) in [6.45, 7) is 0. The Labute approximate surface area is 138 Å². The van der Waals surface area contributed by atoms with E-state index >= 15 is 0 Å². The molecule has 1 atom stereocenters. The first-order chi connectivity index (χ1) is 11.6. The van der Waals surface area contributed by atoms with Crippen molar-refractivity contribution in [2.45, 2.75) is 6.10 Å². The summed E-state index contributed by atoms with van der Waals surface area (Å²) in [7, 11) is 0. The first-order valence-corrected chi connectivity index (χ1v) is 7.33. The SMILES string of the molecule is O=[N+]([O-])c1ccc(F)c(C(O)c2ccc(-c3ccccc3)cc2)c1. The summed E-state index contributed by atoms with van der Waals surface area (Å²) in [4.78, 5) is 10.2. The van der Waals surface area contributed by atoms with E-state index in [-0.39, 0.29) is 11.3 Å². The Kier molecular flexibility index (Phi) is 4.35. The highest BCUT2D eigenvalue weighted by Crippen LogP contribution is 2.29. The molecule has 0 bridgehead atoms. The van der Waals surface area contributed by atoms with Crippen molar-refractivity contribution < 1.29 is 14.4 Å². The molecule has 0 aliphatic carbocycles. The van der Waals surface area contributed by atoms with Crippen molar-refractivity contribution in [3.63, 3.8) is 0 Å². The van der Waals surface area contributed by atoms with Gasteiger partial charge in [0.15, 0.2) is 0 Å². The first-order valence-electron chi connectivity index (χ1n) is 7.33. The molecule has 0 spiro atoms. The van der Waals surface area contributed by atoms with Crippen molar-refractivity contribution in [1.29, 1.82) is 0 Å². The molecule has 1 unspecified atom stereocenters. The minimum Gasteiger partial charge on any atom is -0.384 e. The Balaban J connectivity index is 1.92. The van der Waals surface area contributed by atoms with Gasteiger partial charge in [-0.3, -0.25) is 10.1 Å². The molecule has 24 heavy (non-hydrogen) atoms. The molecule has 0 aromatic heterocycles. The largest absolute Gasteiger partial charge is 0.384 e. The molecule has 0 amide bonds. The summed E-state index contributed by atoms with van der Waals surface area (Å²) in [6.07, 6.45) is -1.27. The maximum Gasteiger partial charge on any atom is 0.270 e. The number of nitro groups is 1. The van der Waals surface area contributed by atoms with Crippen molar-refractivity contribution in [1.82, 2.24) is 0 Å². The molecule has 0 aliphatic heterocycles. The van der Waals surface area contributed by atoms with Gasteiger partial charge < -0.3 is 5.11 Å². The minimum atomic E-state index is -1.27. The number of hydrogen-bond acceptors (Lipinski definition) is 3. The zero-order valence-corrected chi connectivity index (χ0v) is 12.6. The van der Waals surface area contributed by atoms with E-state index in [2.05, 4.69) is 0 Å². The molecule has 3 rings (SSSR count). The molecule has 120 valence electrons. The number of nitrogens with zero attached hydrogens (tertiary/aromatic N) is 1. The van der Waals surface area contributed by atoms with Crippen molar-refractivity contribution >= 4 is 5.69 Å². The monoisotopic (exact) mass is 323 g/mol. The zero-order valence-electron chi connectivity index (χ0n) is 12.6. The Morgan fingerprint density at radius 2 is 1.54 bits per heavy atom. The molecule has 4 nitrogen and oxygen atoms in total. The number of nitro benzene ring substituents is 1. The second-order valence-electron chi connectivity index (χ2n) is 5.35. The molecule has 0 saturated heterocycles. The Bertz CT molecular complexity index is 864. The highest BCUT2D eigenvalue weighted by molar-refractivity contribution is 5.63. The average Bonchev–Trinajstić information content (AvgIpc) is 2.62. The Morgan fingerprint density at radius 1 is 0.917 bits per heavy atom. The van der Waals surface area contributed by atoms with Crippen LogP contribution in [0.5, 0.6) is 0 Å². The summed E-state index contributed by atoms with van der Waals surface area (Å²) in [5.74, 6) is -0.680. The van der Waals surface area contributed by atoms with Gasteiger partial charge in [-0.2, -0.15) is 0 Å². The molecular weight excluding hydrogens is 309 g/mol. The quantitative estimate of drug-likeness (QED) is 0.568. The predicted molar refractivity (Wildman–Crippen MR) is 89.0 cm³/mol. The van der Waals surface area contributed by atoms with Crippen LogP contribution < -0.4 is 0 Å². The minimum absolute atomic E-state index is 0.114. The Morgan fingerprint density at radius 3 is 2.17 bits per heavy atom. The summed E-state index contributed by atoms with van der Waals surface area (Å²) in [5, 5.41) is 21.2. The van der Waals surface area contributed by atoms with Crippen LogP contribution in [-0.4, -0.2) is 10.0 Å². The van der Waals surface area contributed by atoms with Gasteiger partial charge in [0.25, 0.3) is 5.69 Å². The van der Waals surface area contributed by atoms with E-state index in [0.717, 1.165) is 29.3 Å². The fraction of sp³-hybridized carbons (Fsp3) is 0.0526. The zero-order chi connectivity index (χ0) is 17.1. The number of aliphatic hydroxyl groups is 1. The van der Waals surface area contributed by atoms with Crippen LogP contribution in [0.4, 0.5) is 10.1 Å². The second-order valence-corrected chi connectivity index (χ2v) is 5.35. The van der Waals surface area contributed by atoms with Gasteiger partial charge in [0, 0.05) is 17.7 Å². The van der Waals surface area contributed by atoms with Gasteiger partial charge in [0.2, 0.25) is 0 Å². The third-order valence-corrected chi connectivity index (χ3v) is 3.82. The lowest BCUT2D eigenvalue weighted by Gasteiger charge is -2.13. The summed E-state index contributed by atoms with van der Waals surface area (Å²) in [5.41, 5.74) is 2.09. The van der Waals surface area contributed by atoms with Crippen LogP contribution in [0, 0.1) is 15.9 Å². The van der Waals surface area contributed by atoms with E-state index in [9.17, 15) is 19.6 Å². The van der Waals surface area contributed by atoms with Crippen LogP contribution in [0.15, 0.2) is 72.8 Å². The molecule has 0 fully saturated rings. The van der Waals surface area contributed by atoms with Gasteiger partial charge >= 0.3 is 0 Å². The predicted octanol–water partition coefficient (Wildman–Crippen LogP) is 4.48. The number of aliphatic hydroxyl groups excluding tert-OH is 1. The van der Waals surface area contributed by atoms with Crippen molar-refractivity contribution in [2.75, 3.05) is 0 Å². The summed E-state index contributed by atoms with van der Waals surface area (Å²) < 4.78 is 13.9. The van der Waals surface area contributed by atoms with Crippen LogP contribution >= 0.6 is 0 Å². The topological polar surface area (TPSA) is 63.4 Å². The lowest BCUT2D eigenvalue weighted by molar-refractivity contribution is -0.385. The molecule has 0 radical (unpaired) electrons. The van der Waals surface area contributed by atoms with Gasteiger partial charge in [-0.05, 0) is 22.8 Å². The number of rotatable bonds is 4. The summed E-state index contributed by atoms with van der Waals surface area (Å²) >= 11 is 0. The fourth-order valence-corrected chi connectivity index (χ4v) is 2.52. The van der Waals surface area contributed by atoms with E-state index in [0.29, 0.717) is 5.56 Å². The van der Waals surface area contributed by atoms with Crippen LogP contribution in [0.1, 0.15) is 17.2 Å². The van der Waals surface area contributed by atoms with Crippen molar-refractivity contribution in [3.05, 3.63) is 99.9 Å². The third-order valence-electron chi connectivity index (χ3n) is 3.82. The van der Waals surface area contributed by atoms with Gasteiger partial charge in [0.1, 0.15) is 11.9 Å².